The van der Waals surface area contributed by atoms with Crippen molar-refractivity contribution in [1.82, 2.24) is 4.98 Å². The minimum Gasteiger partial charge on any atom is -0.476 e. The van der Waals surface area contributed by atoms with Gasteiger partial charge < -0.3 is 15.8 Å². The van der Waals surface area contributed by atoms with Crippen LogP contribution in [0.1, 0.15) is 34.1 Å². The Morgan fingerprint density at radius 3 is 2.65 bits per heavy atom. The summed E-state index contributed by atoms with van der Waals surface area (Å²) >= 11 is 0. The van der Waals surface area contributed by atoms with Gasteiger partial charge in [-0.05, 0) is 38.3 Å². The molecule has 0 saturated heterocycles. The van der Waals surface area contributed by atoms with E-state index in [1.807, 2.05) is 19.1 Å². The molecule has 1 aromatic heterocycles. The van der Waals surface area contributed by atoms with Gasteiger partial charge in [0.15, 0.2) is 0 Å². The van der Waals surface area contributed by atoms with Crippen LogP contribution >= 0.6 is 0 Å². The SMILES string of the molecule is CCOc1nc(NC(C)CC(C)C)ccc1N. The summed E-state index contributed by atoms with van der Waals surface area (Å²) in [6, 6.07) is 4.09. The topological polar surface area (TPSA) is 60.2 Å². The molecule has 0 fully saturated rings. The Kier molecular flexibility index (Phi) is 5.07. The zero-order valence-electron chi connectivity index (χ0n) is 11.2. The molecule has 1 heterocycles. The molecule has 1 unspecified atom stereocenters. The molecule has 0 amide bonds. The summed E-state index contributed by atoms with van der Waals surface area (Å²) in [4.78, 5) is 4.35. The molecule has 1 aromatic rings. The summed E-state index contributed by atoms with van der Waals surface area (Å²) < 4.78 is 5.36. The van der Waals surface area contributed by atoms with E-state index in [9.17, 15) is 0 Å². The van der Waals surface area contributed by atoms with Crippen LogP contribution in [0.2, 0.25) is 0 Å². The zero-order valence-corrected chi connectivity index (χ0v) is 11.2. The molecular weight excluding hydrogens is 214 g/mol. The average Bonchev–Trinajstić information content (AvgIpc) is 2.22. The third-order valence-corrected chi connectivity index (χ3v) is 2.39. The second-order valence-corrected chi connectivity index (χ2v) is 4.70. The fourth-order valence-corrected chi connectivity index (χ4v) is 1.80. The molecule has 4 nitrogen and oxygen atoms in total. The lowest BCUT2D eigenvalue weighted by atomic mass is 10.1. The zero-order chi connectivity index (χ0) is 12.8. The molecule has 4 heteroatoms. The van der Waals surface area contributed by atoms with E-state index in [2.05, 4.69) is 31.1 Å². The van der Waals surface area contributed by atoms with Gasteiger partial charge in [0.1, 0.15) is 5.82 Å². The van der Waals surface area contributed by atoms with E-state index in [1.54, 1.807) is 0 Å². The molecule has 3 N–H and O–H groups in total. The largest absolute Gasteiger partial charge is 0.476 e. The molecule has 0 bridgehead atoms. The fraction of sp³-hybridized carbons (Fsp3) is 0.615. The van der Waals surface area contributed by atoms with Gasteiger partial charge in [-0.25, -0.2) is 0 Å². The minimum absolute atomic E-state index is 0.389. The summed E-state index contributed by atoms with van der Waals surface area (Å²) in [7, 11) is 0. The molecular formula is C13H23N3O. The van der Waals surface area contributed by atoms with E-state index in [0.29, 0.717) is 30.1 Å². The monoisotopic (exact) mass is 237 g/mol. The highest BCUT2D eigenvalue weighted by Gasteiger charge is 2.08. The van der Waals surface area contributed by atoms with Crippen molar-refractivity contribution in [2.24, 2.45) is 5.92 Å². The van der Waals surface area contributed by atoms with Crippen molar-refractivity contribution in [3.63, 3.8) is 0 Å². The smallest absolute Gasteiger partial charge is 0.239 e. The summed E-state index contributed by atoms with van der Waals surface area (Å²) in [5, 5.41) is 3.35. The van der Waals surface area contributed by atoms with Gasteiger partial charge in [0.25, 0.3) is 0 Å². The Bertz CT molecular complexity index is 353. The quantitative estimate of drug-likeness (QED) is 0.798. The molecule has 0 aliphatic carbocycles. The van der Waals surface area contributed by atoms with Crippen molar-refractivity contribution >= 4 is 11.5 Å². The lowest BCUT2D eigenvalue weighted by Crippen LogP contribution is -2.18. The third-order valence-electron chi connectivity index (χ3n) is 2.39. The number of rotatable bonds is 6. The Balaban J connectivity index is 2.68. The maximum absolute atomic E-state index is 5.77. The highest BCUT2D eigenvalue weighted by Crippen LogP contribution is 2.21. The van der Waals surface area contributed by atoms with Gasteiger partial charge in [-0.2, -0.15) is 4.98 Å². The highest BCUT2D eigenvalue weighted by atomic mass is 16.5. The van der Waals surface area contributed by atoms with E-state index >= 15 is 0 Å². The van der Waals surface area contributed by atoms with Gasteiger partial charge in [-0.15, -0.1) is 0 Å². The van der Waals surface area contributed by atoms with Gasteiger partial charge in [-0.3, -0.25) is 0 Å². The minimum atomic E-state index is 0.389. The summed E-state index contributed by atoms with van der Waals surface area (Å²) in [5.74, 6) is 1.99. The van der Waals surface area contributed by atoms with Crippen molar-refractivity contribution in [2.75, 3.05) is 17.7 Å². The van der Waals surface area contributed by atoms with Gasteiger partial charge in [0.05, 0.1) is 12.3 Å². The number of nitrogens with two attached hydrogens (primary N) is 1. The number of nitrogens with zero attached hydrogens (tertiary/aromatic N) is 1. The first kappa shape index (κ1) is 13.6. The summed E-state index contributed by atoms with van der Waals surface area (Å²) in [5.41, 5.74) is 6.35. The van der Waals surface area contributed by atoms with Gasteiger partial charge in [0.2, 0.25) is 5.88 Å². The van der Waals surface area contributed by atoms with Crippen LogP contribution in [0.4, 0.5) is 11.5 Å². The number of nitrogens with one attached hydrogen (secondary N) is 1. The molecule has 0 radical (unpaired) electrons. The van der Waals surface area contributed by atoms with Crippen LogP contribution in [0.5, 0.6) is 5.88 Å². The van der Waals surface area contributed by atoms with Crippen molar-refractivity contribution < 1.29 is 4.74 Å². The molecule has 17 heavy (non-hydrogen) atoms. The number of pyridine rings is 1. The lowest BCUT2D eigenvalue weighted by molar-refractivity contribution is 0.329. The molecule has 1 rings (SSSR count). The first-order valence-corrected chi connectivity index (χ1v) is 6.18. The third kappa shape index (κ3) is 4.51. The predicted molar refractivity (Wildman–Crippen MR) is 72.4 cm³/mol. The van der Waals surface area contributed by atoms with E-state index in [4.69, 9.17) is 10.5 Å². The van der Waals surface area contributed by atoms with Crippen LogP contribution in [-0.2, 0) is 0 Å². The summed E-state index contributed by atoms with van der Waals surface area (Å²) in [6.45, 7) is 9.06. The molecule has 0 saturated carbocycles. The number of hydrogen-bond acceptors (Lipinski definition) is 4. The van der Waals surface area contributed by atoms with Crippen LogP contribution < -0.4 is 15.8 Å². The van der Waals surface area contributed by atoms with Crippen LogP contribution in [0, 0.1) is 5.92 Å². The van der Waals surface area contributed by atoms with Gasteiger partial charge in [0, 0.05) is 6.04 Å². The fourth-order valence-electron chi connectivity index (χ4n) is 1.80. The van der Waals surface area contributed by atoms with Crippen LogP contribution in [-0.4, -0.2) is 17.6 Å². The molecule has 0 aromatic carbocycles. The number of ether oxygens (including phenoxy) is 1. The number of anilines is 2. The van der Waals surface area contributed by atoms with Gasteiger partial charge in [-0.1, -0.05) is 13.8 Å². The van der Waals surface area contributed by atoms with Crippen LogP contribution in [0.15, 0.2) is 12.1 Å². The first-order chi connectivity index (χ1) is 8.02. The Morgan fingerprint density at radius 2 is 2.06 bits per heavy atom. The van der Waals surface area contributed by atoms with Crippen molar-refractivity contribution in [3.05, 3.63) is 12.1 Å². The predicted octanol–water partition coefficient (Wildman–Crippen LogP) is 2.91. The Labute approximate surface area is 104 Å². The molecule has 1 atom stereocenters. The standard InChI is InChI=1S/C13H23N3O/c1-5-17-13-11(14)6-7-12(16-13)15-10(4)8-9(2)3/h6-7,9-10H,5,8,14H2,1-4H3,(H,15,16). The summed E-state index contributed by atoms with van der Waals surface area (Å²) in [6.07, 6.45) is 1.11. The van der Waals surface area contributed by atoms with Gasteiger partial charge >= 0.3 is 0 Å². The molecule has 0 spiro atoms. The molecule has 0 aliphatic rings. The average molecular weight is 237 g/mol. The molecule has 0 aliphatic heterocycles. The maximum Gasteiger partial charge on any atom is 0.239 e. The maximum atomic E-state index is 5.77. The Morgan fingerprint density at radius 1 is 1.35 bits per heavy atom. The number of aromatic nitrogens is 1. The van der Waals surface area contributed by atoms with E-state index in [1.165, 1.54) is 0 Å². The number of hydrogen-bond donors (Lipinski definition) is 2. The Hall–Kier alpha value is -1.45. The van der Waals surface area contributed by atoms with Crippen LogP contribution in [0.25, 0.3) is 0 Å². The van der Waals surface area contributed by atoms with Crippen molar-refractivity contribution in [1.29, 1.82) is 0 Å². The first-order valence-electron chi connectivity index (χ1n) is 6.18. The highest BCUT2D eigenvalue weighted by molar-refractivity contribution is 5.53. The number of nitrogen functional groups attached to an aromatic ring is 1. The van der Waals surface area contributed by atoms with Crippen LogP contribution in [0.3, 0.4) is 0 Å². The second-order valence-electron chi connectivity index (χ2n) is 4.70. The van der Waals surface area contributed by atoms with Crippen molar-refractivity contribution in [2.45, 2.75) is 40.2 Å². The van der Waals surface area contributed by atoms with E-state index in [0.717, 1.165) is 12.2 Å². The second kappa shape index (κ2) is 6.33. The van der Waals surface area contributed by atoms with E-state index in [-0.39, 0.29) is 0 Å². The lowest BCUT2D eigenvalue weighted by Gasteiger charge is -2.17. The van der Waals surface area contributed by atoms with E-state index < -0.39 is 0 Å². The molecule has 96 valence electrons. The van der Waals surface area contributed by atoms with Crippen molar-refractivity contribution in [3.8, 4) is 5.88 Å². The normalized spacial score (nSPS) is 12.5.